The lowest BCUT2D eigenvalue weighted by Crippen LogP contribution is -2.36. The van der Waals surface area contributed by atoms with Crippen LogP contribution in [0.15, 0.2) is 24.3 Å². The predicted molar refractivity (Wildman–Crippen MR) is 82.0 cm³/mol. The molecule has 0 aromatic heterocycles. The Bertz CT molecular complexity index is 473. The van der Waals surface area contributed by atoms with Gasteiger partial charge in [0.2, 0.25) is 11.8 Å². The van der Waals surface area contributed by atoms with Crippen LogP contribution in [-0.2, 0) is 9.59 Å². The number of benzene rings is 1. The summed E-state index contributed by atoms with van der Waals surface area (Å²) >= 11 is 5.94. The van der Waals surface area contributed by atoms with E-state index in [1.807, 2.05) is 19.9 Å². The zero-order chi connectivity index (χ0) is 15.1. The maximum atomic E-state index is 12.0. The van der Waals surface area contributed by atoms with E-state index in [4.69, 9.17) is 11.6 Å². The topological polar surface area (TPSA) is 40.6 Å². The molecule has 0 radical (unpaired) electrons. The molecule has 0 N–H and O–H groups in total. The Kier molecular flexibility index (Phi) is 6.52. The van der Waals surface area contributed by atoms with Crippen LogP contribution < -0.4 is 4.90 Å². The number of carbonyl (C=O) groups excluding carboxylic acids is 2. The highest BCUT2D eigenvalue weighted by molar-refractivity contribution is 6.30. The van der Waals surface area contributed by atoms with E-state index in [0.717, 1.165) is 5.69 Å². The molecule has 110 valence electrons. The molecule has 0 aliphatic rings. The second kappa shape index (κ2) is 7.90. The Morgan fingerprint density at radius 1 is 1.20 bits per heavy atom. The number of anilines is 1. The van der Waals surface area contributed by atoms with Gasteiger partial charge in [0, 0.05) is 43.7 Å². The van der Waals surface area contributed by atoms with Gasteiger partial charge in [0.25, 0.3) is 0 Å². The fraction of sp³-hybridized carbons (Fsp3) is 0.467. The fourth-order valence-electron chi connectivity index (χ4n) is 2.05. The zero-order valence-electron chi connectivity index (χ0n) is 12.2. The molecule has 1 aromatic carbocycles. The zero-order valence-corrected chi connectivity index (χ0v) is 13.0. The summed E-state index contributed by atoms with van der Waals surface area (Å²) in [6.45, 7) is 7.12. The summed E-state index contributed by atoms with van der Waals surface area (Å²) in [7, 11) is 0. The normalized spacial score (nSPS) is 10.2. The number of halogens is 1. The maximum Gasteiger partial charge on any atom is 0.224 e. The first-order chi connectivity index (χ1) is 9.49. The molecule has 0 unspecified atom stereocenters. The largest absolute Gasteiger partial charge is 0.343 e. The van der Waals surface area contributed by atoms with Gasteiger partial charge in [-0.15, -0.1) is 0 Å². The SMILES string of the molecule is CCN(CC)C(=O)CCN(C(C)=O)c1cccc(Cl)c1. The minimum atomic E-state index is -0.0976. The average molecular weight is 297 g/mol. The Labute approximate surface area is 125 Å². The van der Waals surface area contributed by atoms with Crippen LogP contribution in [0.5, 0.6) is 0 Å². The van der Waals surface area contributed by atoms with Crippen LogP contribution in [0, 0.1) is 0 Å². The molecule has 0 atom stereocenters. The van der Waals surface area contributed by atoms with Gasteiger partial charge in [0.05, 0.1) is 0 Å². The molecule has 4 nitrogen and oxygen atoms in total. The number of rotatable bonds is 6. The summed E-state index contributed by atoms with van der Waals surface area (Å²) in [5.41, 5.74) is 0.720. The van der Waals surface area contributed by atoms with Gasteiger partial charge >= 0.3 is 0 Å². The molecule has 0 aliphatic heterocycles. The Hall–Kier alpha value is -1.55. The van der Waals surface area contributed by atoms with E-state index >= 15 is 0 Å². The molecule has 0 spiro atoms. The molecule has 5 heteroatoms. The number of nitrogens with zero attached hydrogens (tertiary/aromatic N) is 2. The van der Waals surface area contributed by atoms with Crippen molar-refractivity contribution >= 4 is 29.1 Å². The smallest absolute Gasteiger partial charge is 0.224 e. The number of amides is 2. The van der Waals surface area contributed by atoms with Crippen LogP contribution in [0.1, 0.15) is 27.2 Å². The van der Waals surface area contributed by atoms with Gasteiger partial charge in [-0.2, -0.15) is 0 Å². The van der Waals surface area contributed by atoms with Crippen molar-refractivity contribution in [3.63, 3.8) is 0 Å². The molecule has 1 rings (SSSR count). The van der Waals surface area contributed by atoms with Gasteiger partial charge in [-0.25, -0.2) is 0 Å². The molecule has 0 bridgehead atoms. The summed E-state index contributed by atoms with van der Waals surface area (Å²) < 4.78 is 0. The quantitative estimate of drug-likeness (QED) is 0.810. The highest BCUT2D eigenvalue weighted by Crippen LogP contribution is 2.20. The summed E-state index contributed by atoms with van der Waals surface area (Å²) in [6.07, 6.45) is 0.313. The highest BCUT2D eigenvalue weighted by Gasteiger charge is 2.16. The molecule has 0 saturated carbocycles. The van der Waals surface area contributed by atoms with Crippen LogP contribution in [0.25, 0.3) is 0 Å². The van der Waals surface area contributed by atoms with Crippen molar-refractivity contribution in [1.29, 1.82) is 0 Å². The molecular formula is C15H21ClN2O2. The lowest BCUT2D eigenvalue weighted by atomic mass is 10.2. The molecule has 20 heavy (non-hydrogen) atoms. The van der Waals surface area contributed by atoms with Gasteiger partial charge in [-0.05, 0) is 32.0 Å². The molecular weight excluding hydrogens is 276 g/mol. The predicted octanol–water partition coefficient (Wildman–Crippen LogP) is 2.95. The van der Waals surface area contributed by atoms with Crippen LogP contribution in [-0.4, -0.2) is 36.3 Å². The van der Waals surface area contributed by atoms with Crippen molar-refractivity contribution < 1.29 is 9.59 Å². The van der Waals surface area contributed by atoms with Crippen molar-refractivity contribution in [2.45, 2.75) is 27.2 Å². The number of hydrogen-bond donors (Lipinski definition) is 0. The standard InChI is InChI=1S/C15H21ClN2O2/c1-4-17(5-2)15(20)9-10-18(12(3)19)14-8-6-7-13(16)11-14/h6-8,11H,4-5,9-10H2,1-3H3. The third-order valence-electron chi connectivity index (χ3n) is 3.17. The third-order valence-corrected chi connectivity index (χ3v) is 3.40. The summed E-state index contributed by atoms with van der Waals surface area (Å²) in [6, 6.07) is 7.09. The first-order valence-corrected chi connectivity index (χ1v) is 7.18. The molecule has 0 aliphatic carbocycles. The Morgan fingerprint density at radius 3 is 2.35 bits per heavy atom. The lowest BCUT2D eigenvalue weighted by molar-refractivity contribution is -0.130. The lowest BCUT2D eigenvalue weighted by Gasteiger charge is -2.24. The molecule has 1 aromatic rings. The van der Waals surface area contributed by atoms with E-state index in [1.165, 1.54) is 6.92 Å². The minimum Gasteiger partial charge on any atom is -0.343 e. The van der Waals surface area contributed by atoms with E-state index in [-0.39, 0.29) is 11.8 Å². The van der Waals surface area contributed by atoms with E-state index in [1.54, 1.807) is 28.0 Å². The second-order valence-corrected chi connectivity index (χ2v) is 4.90. The van der Waals surface area contributed by atoms with Crippen LogP contribution in [0.3, 0.4) is 0 Å². The summed E-state index contributed by atoms with van der Waals surface area (Å²) in [5, 5.41) is 0.573. The fourth-order valence-corrected chi connectivity index (χ4v) is 2.24. The molecule has 2 amide bonds. The van der Waals surface area contributed by atoms with Crippen LogP contribution in [0.4, 0.5) is 5.69 Å². The summed E-state index contributed by atoms with van der Waals surface area (Å²) in [5.74, 6) is -0.0390. The van der Waals surface area contributed by atoms with Gasteiger partial charge in [0.15, 0.2) is 0 Å². The molecule has 0 fully saturated rings. The molecule has 0 saturated heterocycles. The number of carbonyl (C=O) groups is 2. The van der Waals surface area contributed by atoms with Crippen LogP contribution in [0.2, 0.25) is 5.02 Å². The number of hydrogen-bond acceptors (Lipinski definition) is 2. The third kappa shape index (κ3) is 4.53. The van der Waals surface area contributed by atoms with E-state index in [2.05, 4.69) is 0 Å². The first-order valence-electron chi connectivity index (χ1n) is 6.81. The average Bonchev–Trinajstić information content (AvgIpc) is 2.40. The van der Waals surface area contributed by atoms with Crippen molar-refractivity contribution in [3.8, 4) is 0 Å². The van der Waals surface area contributed by atoms with Crippen LogP contribution >= 0.6 is 11.6 Å². The van der Waals surface area contributed by atoms with Crippen molar-refractivity contribution in [2.75, 3.05) is 24.5 Å². The van der Waals surface area contributed by atoms with Gasteiger partial charge in [-0.1, -0.05) is 17.7 Å². The maximum absolute atomic E-state index is 12.0. The van der Waals surface area contributed by atoms with E-state index < -0.39 is 0 Å². The van der Waals surface area contributed by atoms with Crippen molar-refractivity contribution in [1.82, 2.24) is 4.90 Å². The van der Waals surface area contributed by atoms with Crippen molar-refractivity contribution in [3.05, 3.63) is 29.3 Å². The summed E-state index contributed by atoms with van der Waals surface area (Å²) in [4.78, 5) is 27.1. The Morgan fingerprint density at radius 2 is 1.85 bits per heavy atom. The van der Waals surface area contributed by atoms with Crippen molar-refractivity contribution in [2.24, 2.45) is 0 Å². The van der Waals surface area contributed by atoms with Gasteiger partial charge in [-0.3, -0.25) is 9.59 Å². The Balaban J connectivity index is 2.74. The van der Waals surface area contributed by atoms with Gasteiger partial charge < -0.3 is 9.80 Å². The van der Waals surface area contributed by atoms with E-state index in [0.29, 0.717) is 31.1 Å². The highest BCUT2D eigenvalue weighted by atomic mass is 35.5. The second-order valence-electron chi connectivity index (χ2n) is 4.47. The molecule has 0 heterocycles. The monoisotopic (exact) mass is 296 g/mol. The van der Waals surface area contributed by atoms with E-state index in [9.17, 15) is 9.59 Å². The van der Waals surface area contributed by atoms with Gasteiger partial charge in [0.1, 0.15) is 0 Å². The first kappa shape index (κ1) is 16.5. The minimum absolute atomic E-state index is 0.0586.